The molecule has 2 nitrogen and oxygen atoms in total. The van der Waals surface area contributed by atoms with Crippen LogP contribution < -0.4 is 0 Å². The molecule has 3 aromatic carbocycles. The van der Waals surface area contributed by atoms with Crippen LogP contribution in [0.2, 0.25) is 0 Å². The molecule has 0 unspecified atom stereocenters. The second-order valence-corrected chi connectivity index (χ2v) is 4.01. The van der Waals surface area contributed by atoms with Crippen molar-refractivity contribution in [2.24, 2.45) is 0 Å². The lowest BCUT2D eigenvalue weighted by Crippen LogP contribution is -1.93. The highest BCUT2D eigenvalue weighted by atomic mass is 16.4. The Morgan fingerprint density at radius 2 is 1.41 bits per heavy atom. The maximum atomic E-state index is 10.9. The third-order valence-electron chi connectivity index (χ3n) is 2.98. The largest absolute Gasteiger partial charge is 0.386 e. The molecule has 0 bridgehead atoms. The Balaban J connectivity index is 2.46. The summed E-state index contributed by atoms with van der Waals surface area (Å²) in [6.07, 6.45) is 0. The number of fused-ring (bicyclic) bond motifs is 3. The molecule has 0 heterocycles. The molecule has 3 rings (SSSR count). The predicted molar refractivity (Wildman–Crippen MR) is 66.5 cm³/mol. The van der Waals surface area contributed by atoms with Crippen molar-refractivity contribution in [1.29, 1.82) is 0 Å². The van der Waals surface area contributed by atoms with E-state index in [1.165, 1.54) is 0 Å². The lowest BCUT2D eigenvalue weighted by molar-refractivity contribution is 0.0573. The SMILES string of the molecule is [O]C(=O)c1ccc2ccc3ccccc3c2c1. The third kappa shape index (κ3) is 1.54. The summed E-state index contributed by atoms with van der Waals surface area (Å²) in [4.78, 5) is 10.9. The first-order valence-corrected chi connectivity index (χ1v) is 5.38. The Hall–Kier alpha value is -2.35. The van der Waals surface area contributed by atoms with Gasteiger partial charge in [-0.2, -0.15) is 0 Å². The molecule has 0 atom stereocenters. The van der Waals surface area contributed by atoms with Gasteiger partial charge in [-0.05, 0) is 33.7 Å². The summed E-state index contributed by atoms with van der Waals surface area (Å²) in [5.41, 5.74) is 0.217. The fourth-order valence-electron chi connectivity index (χ4n) is 2.13. The van der Waals surface area contributed by atoms with Crippen molar-refractivity contribution in [1.82, 2.24) is 0 Å². The van der Waals surface area contributed by atoms with E-state index in [0.717, 1.165) is 21.5 Å². The average molecular weight is 221 g/mol. The summed E-state index contributed by atoms with van der Waals surface area (Å²) in [6.45, 7) is 0. The summed E-state index contributed by atoms with van der Waals surface area (Å²) in [5, 5.41) is 15.0. The van der Waals surface area contributed by atoms with Crippen LogP contribution in [-0.4, -0.2) is 5.97 Å². The second kappa shape index (κ2) is 3.59. The van der Waals surface area contributed by atoms with Gasteiger partial charge in [-0.25, -0.2) is 9.90 Å². The highest BCUT2D eigenvalue weighted by Gasteiger charge is 2.07. The van der Waals surface area contributed by atoms with Gasteiger partial charge in [0.05, 0.1) is 5.56 Å². The van der Waals surface area contributed by atoms with Gasteiger partial charge in [0.2, 0.25) is 0 Å². The van der Waals surface area contributed by atoms with Gasteiger partial charge in [0.15, 0.2) is 0 Å². The normalized spacial score (nSPS) is 10.8. The van der Waals surface area contributed by atoms with E-state index in [1.807, 2.05) is 42.5 Å². The van der Waals surface area contributed by atoms with Crippen molar-refractivity contribution in [2.45, 2.75) is 0 Å². The van der Waals surface area contributed by atoms with Crippen LogP contribution in [-0.2, 0) is 5.11 Å². The summed E-state index contributed by atoms with van der Waals surface area (Å²) >= 11 is 0. The van der Waals surface area contributed by atoms with Gasteiger partial charge >= 0.3 is 5.97 Å². The molecule has 0 spiro atoms. The van der Waals surface area contributed by atoms with Gasteiger partial charge in [0.25, 0.3) is 0 Å². The summed E-state index contributed by atoms with van der Waals surface area (Å²) in [7, 11) is 0. The minimum Gasteiger partial charge on any atom is -0.242 e. The van der Waals surface area contributed by atoms with E-state index in [2.05, 4.69) is 0 Å². The van der Waals surface area contributed by atoms with Crippen LogP contribution in [0.1, 0.15) is 10.4 Å². The molecule has 0 aliphatic heterocycles. The molecule has 0 N–H and O–H groups in total. The van der Waals surface area contributed by atoms with Crippen LogP contribution in [0, 0.1) is 0 Å². The van der Waals surface area contributed by atoms with Crippen LogP contribution >= 0.6 is 0 Å². The smallest absolute Gasteiger partial charge is 0.242 e. The molecule has 0 amide bonds. The van der Waals surface area contributed by atoms with Crippen LogP contribution in [0.3, 0.4) is 0 Å². The zero-order valence-electron chi connectivity index (χ0n) is 9.01. The molecule has 0 aliphatic rings. The summed E-state index contributed by atoms with van der Waals surface area (Å²) in [6, 6.07) is 17.0. The van der Waals surface area contributed by atoms with Gasteiger partial charge in [0, 0.05) is 0 Å². The molecule has 81 valence electrons. The highest BCUT2D eigenvalue weighted by Crippen LogP contribution is 2.26. The predicted octanol–water partition coefficient (Wildman–Crippen LogP) is 3.56. The van der Waals surface area contributed by atoms with E-state index in [-0.39, 0.29) is 5.56 Å². The van der Waals surface area contributed by atoms with E-state index in [4.69, 9.17) is 0 Å². The quantitative estimate of drug-likeness (QED) is 0.579. The Kier molecular flexibility index (Phi) is 2.08. The Labute approximate surface area is 98.1 Å². The number of benzene rings is 3. The van der Waals surface area contributed by atoms with Crippen molar-refractivity contribution < 1.29 is 9.90 Å². The molecule has 0 aliphatic carbocycles. The zero-order valence-corrected chi connectivity index (χ0v) is 9.01. The van der Waals surface area contributed by atoms with Gasteiger partial charge in [-0.1, -0.05) is 42.5 Å². The van der Waals surface area contributed by atoms with Crippen LogP contribution in [0.4, 0.5) is 0 Å². The van der Waals surface area contributed by atoms with E-state index in [9.17, 15) is 9.90 Å². The fourth-order valence-corrected chi connectivity index (χ4v) is 2.13. The lowest BCUT2D eigenvalue weighted by Gasteiger charge is -2.04. The molecule has 1 radical (unpaired) electrons. The number of carbonyl (C=O) groups is 1. The highest BCUT2D eigenvalue weighted by molar-refractivity contribution is 6.09. The van der Waals surface area contributed by atoms with Gasteiger partial charge < -0.3 is 0 Å². The minimum absolute atomic E-state index is 0.217. The van der Waals surface area contributed by atoms with Crippen molar-refractivity contribution in [3.63, 3.8) is 0 Å². The van der Waals surface area contributed by atoms with Crippen molar-refractivity contribution >= 4 is 27.5 Å². The Bertz CT molecular complexity index is 729. The van der Waals surface area contributed by atoms with Gasteiger partial charge in [-0.3, -0.25) is 0 Å². The fraction of sp³-hybridized carbons (Fsp3) is 0. The maximum Gasteiger partial charge on any atom is 0.386 e. The average Bonchev–Trinajstić information content (AvgIpc) is 2.38. The van der Waals surface area contributed by atoms with E-state index >= 15 is 0 Å². The molecular formula is C15H9O2. The molecule has 2 heteroatoms. The molecule has 0 fully saturated rings. The van der Waals surface area contributed by atoms with E-state index in [0.29, 0.717) is 0 Å². The van der Waals surface area contributed by atoms with Crippen molar-refractivity contribution in [2.75, 3.05) is 0 Å². The van der Waals surface area contributed by atoms with E-state index in [1.54, 1.807) is 12.1 Å². The number of rotatable bonds is 1. The van der Waals surface area contributed by atoms with Crippen molar-refractivity contribution in [3.05, 3.63) is 60.2 Å². The first kappa shape index (κ1) is 9.85. The molecule has 0 saturated heterocycles. The standard InChI is InChI=1S/C15H9O2/c16-15(17)12-8-7-11-6-5-10-3-1-2-4-13(10)14(11)9-12/h1-9H. The monoisotopic (exact) mass is 221 g/mol. The topological polar surface area (TPSA) is 37.0 Å². The first-order valence-electron chi connectivity index (χ1n) is 5.38. The summed E-state index contributed by atoms with van der Waals surface area (Å²) in [5.74, 6) is -1.14. The van der Waals surface area contributed by atoms with Crippen LogP contribution in [0.5, 0.6) is 0 Å². The molecule has 17 heavy (non-hydrogen) atoms. The van der Waals surface area contributed by atoms with Crippen LogP contribution in [0.25, 0.3) is 21.5 Å². The van der Waals surface area contributed by atoms with Gasteiger partial charge in [-0.15, -0.1) is 0 Å². The van der Waals surface area contributed by atoms with Gasteiger partial charge in [0.1, 0.15) is 0 Å². The minimum atomic E-state index is -1.14. The molecule has 3 aromatic rings. The summed E-state index contributed by atoms with van der Waals surface area (Å²) < 4.78 is 0. The number of hydrogen-bond acceptors (Lipinski definition) is 1. The molecule has 0 aromatic heterocycles. The molecule has 0 saturated carbocycles. The zero-order chi connectivity index (χ0) is 11.8. The maximum absolute atomic E-state index is 10.9. The number of carbonyl (C=O) groups excluding carboxylic acids is 1. The first-order chi connectivity index (χ1) is 8.25. The second-order valence-electron chi connectivity index (χ2n) is 4.01. The Morgan fingerprint density at radius 1 is 0.765 bits per heavy atom. The lowest BCUT2D eigenvalue weighted by atomic mass is 10.0. The molecular weight excluding hydrogens is 212 g/mol. The van der Waals surface area contributed by atoms with E-state index < -0.39 is 5.97 Å². The third-order valence-corrected chi connectivity index (χ3v) is 2.98. The Morgan fingerprint density at radius 3 is 2.18 bits per heavy atom. The van der Waals surface area contributed by atoms with Crippen LogP contribution in [0.15, 0.2) is 54.6 Å². The van der Waals surface area contributed by atoms with Crippen molar-refractivity contribution in [3.8, 4) is 0 Å². The number of hydrogen-bond donors (Lipinski definition) is 0.